The van der Waals surface area contributed by atoms with E-state index >= 15 is 0 Å². The van der Waals surface area contributed by atoms with Gasteiger partial charge in [0.25, 0.3) is 5.91 Å². The number of carbonyl (C=O) groups is 1. The maximum absolute atomic E-state index is 13.0. The highest BCUT2D eigenvalue weighted by atomic mass is 32.2. The number of aromatic nitrogens is 1. The van der Waals surface area contributed by atoms with Crippen molar-refractivity contribution in [3.05, 3.63) is 83.7 Å². The van der Waals surface area contributed by atoms with Gasteiger partial charge in [-0.25, -0.2) is 13.6 Å². The topological polar surface area (TPSA) is 85.4 Å². The molecule has 1 aromatic heterocycles. The van der Waals surface area contributed by atoms with Crippen molar-refractivity contribution in [3.8, 4) is 5.69 Å². The summed E-state index contributed by atoms with van der Waals surface area (Å²) in [7, 11) is -2.01. The third kappa shape index (κ3) is 4.00. The fraction of sp³-hybridized carbons (Fsp3) is 0.190. The lowest BCUT2D eigenvalue weighted by Crippen LogP contribution is -2.29. The van der Waals surface area contributed by atoms with Crippen LogP contribution in [0.3, 0.4) is 0 Å². The lowest BCUT2D eigenvalue weighted by Gasteiger charge is -2.26. The molecule has 1 atom stereocenters. The number of sulfonamides is 1. The Kier molecular flexibility index (Phi) is 5.40. The number of carbonyl (C=O) groups excluding carboxylic acids is 1. The van der Waals surface area contributed by atoms with Crippen LogP contribution >= 0.6 is 0 Å². The molecule has 7 heteroatoms. The Hall–Kier alpha value is -2.90. The molecule has 1 heterocycles. The minimum absolute atomic E-state index is 0.0485. The number of amides is 1. The SMILES string of the molecule is Cc1ccc(C(=O)N(C)C(C)c2ccc(S(N)(=O)=O)cc2)cc1-n1cccc1. The van der Waals surface area contributed by atoms with Crippen LogP contribution in [0.4, 0.5) is 0 Å². The second kappa shape index (κ2) is 7.61. The van der Waals surface area contributed by atoms with Crippen LogP contribution < -0.4 is 5.14 Å². The molecule has 3 rings (SSSR count). The van der Waals surface area contributed by atoms with Crippen LogP contribution in [0.2, 0.25) is 0 Å². The fourth-order valence-electron chi connectivity index (χ4n) is 3.05. The van der Waals surface area contributed by atoms with Crippen LogP contribution in [0.25, 0.3) is 5.69 Å². The molecule has 0 aliphatic carbocycles. The quantitative estimate of drug-likeness (QED) is 0.717. The van der Waals surface area contributed by atoms with Gasteiger partial charge in [-0.2, -0.15) is 0 Å². The van der Waals surface area contributed by atoms with Gasteiger partial charge in [-0.1, -0.05) is 18.2 Å². The van der Waals surface area contributed by atoms with E-state index in [2.05, 4.69) is 0 Å². The van der Waals surface area contributed by atoms with Crippen molar-refractivity contribution in [2.24, 2.45) is 5.14 Å². The Labute approximate surface area is 165 Å². The summed E-state index contributed by atoms with van der Waals surface area (Å²) in [5, 5.41) is 5.14. The Bertz CT molecular complexity index is 1090. The molecule has 0 spiro atoms. The van der Waals surface area contributed by atoms with E-state index in [1.165, 1.54) is 12.1 Å². The number of hydrogen-bond donors (Lipinski definition) is 1. The summed E-state index contributed by atoms with van der Waals surface area (Å²) in [6.45, 7) is 3.90. The molecule has 0 bridgehead atoms. The summed E-state index contributed by atoms with van der Waals surface area (Å²) < 4.78 is 24.8. The van der Waals surface area contributed by atoms with Crippen molar-refractivity contribution in [2.45, 2.75) is 24.8 Å². The third-order valence-electron chi connectivity index (χ3n) is 4.93. The average Bonchev–Trinajstić information content (AvgIpc) is 3.20. The van der Waals surface area contributed by atoms with Gasteiger partial charge in [0, 0.05) is 30.7 Å². The summed E-state index contributed by atoms with van der Waals surface area (Å²) in [5.41, 5.74) is 3.43. The van der Waals surface area contributed by atoms with E-state index in [-0.39, 0.29) is 16.8 Å². The Morgan fingerprint density at radius 1 is 1.07 bits per heavy atom. The van der Waals surface area contributed by atoms with Crippen molar-refractivity contribution in [2.75, 3.05) is 7.05 Å². The van der Waals surface area contributed by atoms with Gasteiger partial charge in [0.15, 0.2) is 0 Å². The summed E-state index contributed by atoms with van der Waals surface area (Å²) in [6, 6.07) is 15.5. The molecule has 0 saturated heterocycles. The molecular formula is C21H23N3O3S. The van der Waals surface area contributed by atoms with Crippen molar-refractivity contribution in [1.82, 2.24) is 9.47 Å². The molecule has 0 aliphatic heterocycles. The second-order valence-electron chi connectivity index (χ2n) is 6.80. The molecule has 2 aromatic carbocycles. The van der Waals surface area contributed by atoms with Gasteiger partial charge in [0.1, 0.15) is 0 Å². The van der Waals surface area contributed by atoms with Crippen molar-refractivity contribution in [1.29, 1.82) is 0 Å². The Balaban J connectivity index is 1.85. The van der Waals surface area contributed by atoms with Crippen molar-refractivity contribution in [3.63, 3.8) is 0 Å². The fourth-order valence-corrected chi connectivity index (χ4v) is 3.57. The van der Waals surface area contributed by atoms with Crippen LogP contribution in [0, 0.1) is 6.92 Å². The van der Waals surface area contributed by atoms with E-state index in [1.54, 1.807) is 24.1 Å². The number of benzene rings is 2. The van der Waals surface area contributed by atoms with Crippen LogP contribution in [-0.2, 0) is 10.0 Å². The molecule has 0 aliphatic rings. The third-order valence-corrected chi connectivity index (χ3v) is 5.86. The smallest absolute Gasteiger partial charge is 0.254 e. The number of nitrogens with zero attached hydrogens (tertiary/aromatic N) is 2. The van der Waals surface area contributed by atoms with E-state index in [0.29, 0.717) is 5.56 Å². The van der Waals surface area contributed by atoms with Crippen molar-refractivity contribution < 1.29 is 13.2 Å². The minimum atomic E-state index is -3.74. The van der Waals surface area contributed by atoms with Gasteiger partial charge in [0.05, 0.1) is 10.9 Å². The molecule has 1 unspecified atom stereocenters. The number of primary sulfonamides is 1. The standard InChI is InChI=1S/C21H23N3O3S/c1-15-6-7-18(14-20(15)24-12-4-5-13-24)21(25)23(3)16(2)17-8-10-19(11-9-17)28(22,26)27/h4-14,16H,1-3H3,(H2,22,26,27). The van der Waals surface area contributed by atoms with Crippen LogP contribution in [0.1, 0.15) is 34.5 Å². The summed E-state index contributed by atoms with van der Waals surface area (Å²) in [5.74, 6) is -0.114. The first-order chi connectivity index (χ1) is 13.2. The zero-order chi connectivity index (χ0) is 20.5. The maximum atomic E-state index is 13.0. The molecule has 6 nitrogen and oxygen atoms in total. The van der Waals surface area contributed by atoms with E-state index in [1.807, 2.05) is 61.1 Å². The summed E-state index contributed by atoms with van der Waals surface area (Å²) in [6.07, 6.45) is 3.88. The first-order valence-electron chi connectivity index (χ1n) is 8.82. The molecule has 0 fully saturated rings. The van der Waals surface area contributed by atoms with E-state index in [4.69, 9.17) is 5.14 Å². The predicted octanol–water partition coefficient (Wildman–Crippen LogP) is 3.27. The van der Waals surface area contributed by atoms with Gasteiger partial charge in [-0.15, -0.1) is 0 Å². The van der Waals surface area contributed by atoms with Gasteiger partial charge in [-0.3, -0.25) is 4.79 Å². The Morgan fingerprint density at radius 2 is 1.68 bits per heavy atom. The van der Waals surface area contributed by atoms with Crippen molar-refractivity contribution >= 4 is 15.9 Å². The molecular weight excluding hydrogens is 374 g/mol. The molecule has 0 radical (unpaired) electrons. The van der Waals surface area contributed by atoms with Gasteiger partial charge in [-0.05, 0) is 61.4 Å². The van der Waals surface area contributed by atoms with Crippen LogP contribution in [-0.4, -0.2) is 30.8 Å². The monoisotopic (exact) mass is 397 g/mol. The van der Waals surface area contributed by atoms with E-state index < -0.39 is 10.0 Å². The largest absolute Gasteiger partial charge is 0.335 e. The number of nitrogens with two attached hydrogens (primary N) is 1. The zero-order valence-corrected chi connectivity index (χ0v) is 16.8. The highest BCUT2D eigenvalue weighted by Crippen LogP contribution is 2.24. The molecule has 0 saturated carbocycles. The molecule has 146 valence electrons. The molecule has 28 heavy (non-hydrogen) atoms. The second-order valence-corrected chi connectivity index (χ2v) is 8.36. The van der Waals surface area contributed by atoms with E-state index in [0.717, 1.165) is 16.8 Å². The summed E-state index contributed by atoms with van der Waals surface area (Å²) in [4.78, 5) is 14.7. The Morgan fingerprint density at radius 3 is 2.25 bits per heavy atom. The lowest BCUT2D eigenvalue weighted by atomic mass is 10.0. The first kappa shape index (κ1) is 19.9. The van der Waals surface area contributed by atoms with Crippen LogP contribution in [0.15, 0.2) is 71.9 Å². The molecule has 1 amide bonds. The highest BCUT2D eigenvalue weighted by Gasteiger charge is 2.20. The van der Waals surface area contributed by atoms with Gasteiger partial charge in [0.2, 0.25) is 10.0 Å². The minimum Gasteiger partial charge on any atom is -0.335 e. The molecule has 3 aromatic rings. The predicted molar refractivity (Wildman–Crippen MR) is 109 cm³/mol. The lowest BCUT2D eigenvalue weighted by molar-refractivity contribution is 0.0742. The first-order valence-corrected chi connectivity index (χ1v) is 10.4. The van der Waals surface area contributed by atoms with E-state index in [9.17, 15) is 13.2 Å². The molecule has 2 N–H and O–H groups in total. The number of aryl methyl sites for hydroxylation is 1. The highest BCUT2D eigenvalue weighted by molar-refractivity contribution is 7.89. The van der Waals surface area contributed by atoms with Gasteiger partial charge < -0.3 is 9.47 Å². The zero-order valence-electron chi connectivity index (χ0n) is 16.0. The van der Waals surface area contributed by atoms with Crippen LogP contribution in [0.5, 0.6) is 0 Å². The maximum Gasteiger partial charge on any atom is 0.254 e. The number of hydrogen-bond acceptors (Lipinski definition) is 3. The number of rotatable bonds is 5. The average molecular weight is 398 g/mol. The normalized spacial score (nSPS) is 12.6. The summed E-state index contributed by atoms with van der Waals surface area (Å²) >= 11 is 0. The van der Waals surface area contributed by atoms with Gasteiger partial charge >= 0.3 is 0 Å².